The van der Waals surface area contributed by atoms with Crippen LogP contribution in [0.15, 0.2) is 48.7 Å². The van der Waals surface area contributed by atoms with Gasteiger partial charge in [-0.3, -0.25) is 20.2 Å². The Labute approximate surface area is 164 Å². The molecule has 3 rings (SSSR count). The number of hydrogen-bond donors (Lipinski definition) is 1. The summed E-state index contributed by atoms with van der Waals surface area (Å²) in [5, 5.41) is 13.7. The Balaban J connectivity index is 1.85. The molecule has 0 saturated heterocycles. The van der Waals surface area contributed by atoms with E-state index in [0.29, 0.717) is 4.88 Å². The van der Waals surface area contributed by atoms with E-state index in [1.165, 1.54) is 24.4 Å². The SMILES string of the molecule is O=C(Nc1ncc(-c2cccc(C(F)(F)F)c2)s1)c1cc(Cl)ccc1[N+](=O)[O-]. The minimum atomic E-state index is -4.48. The number of rotatable bonds is 4. The number of carbonyl (C=O) groups is 1. The number of carbonyl (C=O) groups excluding carboxylic acids is 1. The maximum absolute atomic E-state index is 12.8. The topological polar surface area (TPSA) is 85.1 Å². The van der Waals surface area contributed by atoms with Gasteiger partial charge in [-0.15, -0.1) is 0 Å². The van der Waals surface area contributed by atoms with Gasteiger partial charge in [0.1, 0.15) is 5.56 Å². The van der Waals surface area contributed by atoms with Crippen molar-refractivity contribution < 1.29 is 22.9 Å². The monoisotopic (exact) mass is 427 g/mol. The molecular formula is C17H9ClF3N3O3S. The Hall–Kier alpha value is -2.98. The van der Waals surface area contributed by atoms with Gasteiger partial charge in [-0.1, -0.05) is 35.1 Å². The standard InChI is InChI=1S/C17H9ClF3N3O3S/c18-11-4-5-13(24(26)27)12(7-11)15(25)23-16-22-8-14(28-16)9-2-1-3-10(6-9)17(19,20)21/h1-8H,(H,22,23,25). The van der Waals surface area contributed by atoms with E-state index in [1.807, 2.05) is 0 Å². The number of hydrogen-bond acceptors (Lipinski definition) is 5. The molecule has 0 fully saturated rings. The highest BCUT2D eigenvalue weighted by molar-refractivity contribution is 7.19. The van der Waals surface area contributed by atoms with Crippen LogP contribution in [0, 0.1) is 10.1 Å². The first kappa shape index (κ1) is 19.8. The highest BCUT2D eigenvalue weighted by Gasteiger charge is 2.30. The Kier molecular flexibility index (Phi) is 5.34. The Morgan fingerprint density at radius 3 is 2.64 bits per heavy atom. The number of nitro benzene ring substituents is 1. The van der Waals surface area contributed by atoms with Crippen molar-refractivity contribution in [1.29, 1.82) is 0 Å². The summed E-state index contributed by atoms with van der Waals surface area (Å²) in [6, 6.07) is 8.21. The van der Waals surface area contributed by atoms with Gasteiger partial charge in [0.25, 0.3) is 11.6 Å². The number of benzene rings is 2. The first-order valence-electron chi connectivity index (χ1n) is 7.54. The number of nitrogens with zero attached hydrogens (tertiary/aromatic N) is 2. The second-order valence-corrected chi connectivity index (χ2v) is 6.95. The van der Waals surface area contributed by atoms with Crippen molar-refractivity contribution in [3.63, 3.8) is 0 Å². The number of anilines is 1. The number of aromatic nitrogens is 1. The lowest BCUT2D eigenvalue weighted by atomic mass is 10.1. The maximum atomic E-state index is 12.8. The number of nitro groups is 1. The molecule has 28 heavy (non-hydrogen) atoms. The normalized spacial score (nSPS) is 11.3. The van der Waals surface area contributed by atoms with E-state index in [0.717, 1.165) is 35.6 Å². The molecular weight excluding hydrogens is 419 g/mol. The van der Waals surface area contributed by atoms with Crippen molar-refractivity contribution in [1.82, 2.24) is 4.98 Å². The molecule has 1 amide bonds. The van der Waals surface area contributed by atoms with Gasteiger partial charge in [-0.2, -0.15) is 13.2 Å². The number of amides is 1. The predicted octanol–water partition coefficient (Wildman–Crippen LogP) is 5.64. The number of halogens is 4. The molecule has 0 bridgehead atoms. The third-order valence-corrected chi connectivity index (χ3v) is 4.80. The molecule has 0 aliphatic carbocycles. The van der Waals surface area contributed by atoms with Crippen LogP contribution in [0.25, 0.3) is 10.4 Å². The number of nitrogens with one attached hydrogen (secondary N) is 1. The van der Waals surface area contributed by atoms with Gasteiger partial charge in [0.15, 0.2) is 5.13 Å². The van der Waals surface area contributed by atoms with Crippen molar-refractivity contribution in [2.24, 2.45) is 0 Å². The van der Waals surface area contributed by atoms with E-state index in [-0.39, 0.29) is 21.3 Å². The molecule has 2 aromatic carbocycles. The Morgan fingerprint density at radius 2 is 1.96 bits per heavy atom. The molecule has 0 unspecified atom stereocenters. The summed E-state index contributed by atoms with van der Waals surface area (Å²) < 4.78 is 38.5. The number of thiazole rings is 1. The zero-order chi connectivity index (χ0) is 20.5. The minimum absolute atomic E-state index is 0.0756. The molecule has 1 N–H and O–H groups in total. The van der Waals surface area contributed by atoms with Gasteiger partial charge in [-0.25, -0.2) is 4.98 Å². The van der Waals surface area contributed by atoms with Crippen LogP contribution in [-0.4, -0.2) is 15.8 Å². The summed E-state index contributed by atoms with van der Waals surface area (Å²) in [5.74, 6) is -0.806. The van der Waals surface area contributed by atoms with Gasteiger partial charge in [0.05, 0.1) is 15.4 Å². The smallest absolute Gasteiger partial charge is 0.298 e. The molecule has 0 saturated carbocycles. The van der Waals surface area contributed by atoms with Gasteiger partial charge < -0.3 is 0 Å². The van der Waals surface area contributed by atoms with Gasteiger partial charge in [-0.05, 0) is 29.8 Å². The summed E-state index contributed by atoms with van der Waals surface area (Å²) >= 11 is 6.73. The van der Waals surface area contributed by atoms with Crippen molar-refractivity contribution >= 4 is 39.7 Å². The van der Waals surface area contributed by atoms with Crippen LogP contribution in [-0.2, 0) is 6.18 Å². The maximum Gasteiger partial charge on any atom is 0.416 e. The Bertz CT molecular complexity index is 1070. The minimum Gasteiger partial charge on any atom is -0.298 e. The molecule has 3 aromatic rings. The molecule has 1 aromatic heterocycles. The van der Waals surface area contributed by atoms with Gasteiger partial charge in [0, 0.05) is 17.3 Å². The highest BCUT2D eigenvalue weighted by Crippen LogP contribution is 2.35. The van der Waals surface area contributed by atoms with Crippen LogP contribution in [0.1, 0.15) is 15.9 Å². The average Bonchev–Trinajstić information content (AvgIpc) is 3.09. The summed E-state index contributed by atoms with van der Waals surface area (Å²) in [7, 11) is 0. The van der Waals surface area contributed by atoms with E-state index in [2.05, 4.69) is 10.3 Å². The molecule has 0 aliphatic rings. The first-order valence-corrected chi connectivity index (χ1v) is 8.73. The molecule has 0 spiro atoms. The fraction of sp³-hybridized carbons (Fsp3) is 0.0588. The summed E-state index contributed by atoms with van der Waals surface area (Å²) in [4.78, 5) is 27.1. The van der Waals surface area contributed by atoms with Crippen molar-refractivity contribution in [2.75, 3.05) is 5.32 Å². The quantitative estimate of drug-likeness (QED) is 0.431. The van der Waals surface area contributed by atoms with E-state index in [1.54, 1.807) is 0 Å². The second-order valence-electron chi connectivity index (χ2n) is 5.48. The summed E-state index contributed by atoms with van der Waals surface area (Å²) in [6.07, 6.45) is -3.18. The zero-order valence-corrected chi connectivity index (χ0v) is 15.2. The van der Waals surface area contributed by atoms with E-state index >= 15 is 0 Å². The van der Waals surface area contributed by atoms with Gasteiger partial charge in [0.2, 0.25) is 0 Å². The average molecular weight is 428 g/mol. The number of alkyl halides is 3. The lowest BCUT2D eigenvalue weighted by molar-refractivity contribution is -0.385. The van der Waals surface area contributed by atoms with Crippen LogP contribution in [0.5, 0.6) is 0 Å². The highest BCUT2D eigenvalue weighted by atomic mass is 35.5. The fourth-order valence-electron chi connectivity index (χ4n) is 2.33. The Morgan fingerprint density at radius 1 is 1.21 bits per heavy atom. The van der Waals surface area contributed by atoms with Crippen molar-refractivity contribution in [3.8, 4) is 10.4 Å². The first-order chi connectivity index (χ1) is 13.1. The van der Waals surface area contributed by atoms with E-state index in [9.17, 15) is 28.1 Å². The van der Waals surface area contributed by atoms with Crippen LogP contribution < -0.4 is 5.32 Å². The molecule has 6 nitrogen and oxygen atoms in total. The second kappa shape index (κ2) is 7.56. The van der Waals surface area contributed by atoms with Crippen LogP contribution >= 0.6 is 22.9 Å². The predicted molar refractivity (Wildman–Crippen MR) is 98.6 cm³/mol. The molecule has 0 atom stereocenters. The third kappa shape index (κ3) is 4.29. The zero-order valence-electron chi connectivity index (χ0n) is 13.7. The lowest BCUT2D eigenvalue weighted by Crippen LogP contribution is -2.13. The van der Waals surface area contributed by atoms with Crippen LogP contribution in [0.4, 0.5) is 24.0 Å². The van der Waals surface area contributed by atoms with Gasteiger partial charge >= 0.3 is 6.18 Å². The summed E-state index contributed by atoms with van der Waals surface area (Å²) in [5.41, 5.74) is -1.22. The lowest BCUT2D eigenvalue weighted by Gasteiger charge is -2.07. The molecule has 1 heterocycles. The molecule has 144 valence electrons. The third-order valence-electron chi connectivity index (χ3n) is 3.60. The molecule has 0 radical (unpaired) electrons. The summed E-state index contributed by atoms with van der Waals surface area (Å²) in [6.45, 7) is 0. The fourth-order valence-corrected chi connectivity index (χ4v) is 3.31. The van der Waals surface area contributed by atoms with Crippen LogP contribution in [0.3, 0.4) is 0 Å². The van der Waals surface area contributed by atoms with E-state index < -0.39 is 28.3 Å². The largest absolute Gasteiger partial charge is 0.416 e. The molecule has 0 aliphatic heterocycles. The van der Waals surface area contributed by atoms with Crippen LogP contribution in [0.2, 0.25) is 5.02 Å². The van der Waals surface area contributed by atoms with E-state index in [4.69, 9.17) is 11.6 Å². The molecule has 11 heteroatoms. The van der Waals surface area contributed by atoms with Crippen molar-refractivity contribution in [3.05, 3.63) is 74.9 Å². The van der Waals surface area contributed by atoms with Crippen molar-refractivity contribution in [2.45, 2.75) is 6.18 Å².